The lowest BCUT2D eigenvalue weighted by Crippen LogP contribution is -1.85. The number of hydrogen-bond donors (Lipinski definition) is 1. The number of aromatic nitrogens is 2. The van der Waals surface area contributed by atoms with Gasteiger partial charge in [0.1, 0.15) is 6.33 Å². The van der Waals surface area contributed by atoms with Gasteiger partial charge in [-0.1, -0.05) is 0 Å². The minimum Gasteiger partial charge on any atom is -0.396 e. The summed E-state index contributed by atoms with van der Waals surface area (Å²) in [6.07, 6.45) is 4.54. The van der Waals surface area contributed by atoms with E-state index in [1.54, 1.807) is 12.4 Å². The Morgan fingerprint density at radius 1 is 1.25 bits per heavy atom. The first-order chi connectivity index (χ1) is 3.39. The molecule has 44 valence electrons. The molecule has 0 aromatic carbocycles. The first-order valence-electron chi connectivity index (χ1n) is 1.90. The van der Waals surface area contributed by atoms with Crippen LogP contribution in [0.2, 0.25) is 0 Å². The van der Waals surface area contributed by atoms with Crippen molar-refractivity contribution in [2.24, 2.45) is 0 Å². The van der Waals surface area contributed by atoms with Crippen LogP contribution >= 0.6 is 12.4 Å². The van der Waals surface area contributed by atoms with Gasteiger partial charge in [0.15, 0.2) is 0 Å². The van der Waals surface area contributed by atoms with Gasteiger partial charge in [-0.05, 0) is 0 Å². The van der Waals surface area contributed by atoms with Crippen LogP contribution in [-0.4, -0.2) is 9.97 Å². The van der Waals surface area contributed by atoms with Crippen LogP contribution in [0.4, 0.5) is 5.69 Å². The summed E-state index contributed by atoms with van der Waals surface area (Å²) in [4.78, 5) is 7.30. The topological polar surface area (TPSA) is 51.8 Å². The average molecular weight is 132 g/mol. The van der Waals surface area contributed by atoms with Crippen LogP contribution in [0.3, 0.4) is 0 Å². The largest absolute Gasteiger partial charge is 0.396 e. The van der Waals surface area contributed by atoms with Gasteiger partial charge < -0.3 is 5.73 Å². The third-order valence-corrected chi connectivity index (χ3v) is 0.581. The van der Waals surface area contributed by atoms with E-state index in [9.17, 15) is 0 Å². The monoisotopic (exact) mass is 131 g/mol. The third kappa shape index (κ3) is 1.75. The number of halogens is 1. The van der Waals surface area contributed by atoms with Crippen LogP contribution < -0.4 is 5.73 Å². The van der Waals surface area contributed by atoms with E-state index in [1.165, 1.54) is 6.33 Å². The van der Waals surface area contributed by atoms with Gasteiger partial charge in [0.2, 0.25) is 0 Å². The molecule has 0 aliphatic rings. The fourth-order valence-electron chi connectivity index (χ4n) is 0.311. The summed E-state index contributed by atoms with van der Waals surface area (Å²) >= 11 is 0. The fourth-order valence-corrected chi connectivity index (χ4v) is 0.311. The molecular weight excluding hydrogens is 126 g/mol. The second-order valence-corrected chi connectivity index (χ2v) is 1.17. The lowest BCUT2D eigenvalue weighted by molar-refractivity contribution is 1.17. The number of hydrogen-bond acceptors (Lipinski definition) is 3. The molecule has 0 amide bonds. The molecule has 1 aromatic rings. The number of nitrogen functional groups attached to an aromatic ring is 1. The summed E-state index contributed by atoms with van der Waals surface area (Å²) < 4.78 is 0. The van der Waals surface area contributed by atoms with Gasteiger partial charge in [0, 0.05) is 0 Å². The summed E-state index contributed by atoms with van der Waals surface area (Å²) in [5.41, 5.74) is 5.83. The maximum Gasteiger partial charge on any atom is 0.115 e. The van der Waals surface area contributed by atoms with Crippen LogP contribution in [0.1, 0.15) is 0 Å². The molecule has 0 radical (unpaired) electrons. The zero-order valence-corrected chi connectivity index (χ0v) is 4.93. The van der Waals surface area contributed by atoms with Crippen molar-refractivity contribution in [3.63, 3.8) is 0 Å². The van der Waals surface area contributed by atoms with E-state index in [0.717, 1.165) is 0 Å². The quantitative estimate of drug-likeness (QED) is 0.557. The lowest BCUT2D eigenvalue weighted by Gasteiger charge is -1.82. The van der Waals surface area contributed by atoms with Crippen molar-refractivity contribution in [3.8, 4) is 0 Å². The van der Waals surface area contributed by atoms with Gasteiger partial charge in [-0.15, -0.1) is 12.4 Å². The molecule has 0 atom stereocenters. The smallest absolute Gasteiger partial charge is 0.115 e. The van der Waals surface area contributed by atoms with E-state index in [1.807, 2.05) is 0 Å². The van der Waals surface area contributed by atoms with Crippen LogP contribution in [0, 0.1) is 0 Å². The Bertz CT molecular complexity index is 141. The summed E-state index contributed by atoms with van der Waals surface area (Å²) in [5.74, 6) is 0. The molecule has 0 saturated carbocycles. The highest BCUT2D eigenvalue weighted by molar-refractivity contribution is 5.85. The maximum absolute atomic E-state index is 5.23. The van der Waals surface area contributed by atoms with Gasteiger partial charge in [-0.2, -0.15) is 0 Å². The lowest BCUT2D eigenvalue weighted by atomic mass is 10.6. The highest BCUT2D eigenvalue weighted by Crippen LogP contribution is 1.88. The van der Waals surface area contributed by atoms with Gasteiger partial charge in [-0.3, -0.25) is 0 Å². The van der Waals surface area contributed by atoms with Crippen molar-refractivity contribution in [2.75, 3.05) is 5.73 Å². The van der Waals surface area contributed by atoms with E-state index in [-0.39, 0.29) is 12.4 Å². The highest BCUT2D eigenvalue weighted by Gasteiger charge is 1.74. The predicted octanol–water partition coefficient (Wildman–Crippen LogP) is 0.481. The molecule has 1 aromatic heterocycles. The molecule has 0 aliphatic carbocycles. The summed E-state index contributed by atoms with van der Waals surface area (Å²) in [6, 6.07) is 0. The van der Waals surface area contributed by atoms with Crippen molar-refractivity contribution in [1.29, 1.82) is 0 Å². The van der Waals surface area contributed by atoms with Crippen LogP contribution in [0.5, 0.6) is 0 Å². The van der Waals surface area contributed by atoms with Crippen molar-refractivity contribution < 1.29 is 0 Å². The van der Waals surface area contributed by atoms with E-state index < -0.39 is 0 Å². The normalized spacial score (nSPS) is 7.50. The second kappa shape index (κ2) is 3.21. The van der Waals surface area contributed by atoms with Crippen LogP contribution in [0.15, 0.2) is 18.7 Å². The molecule has 1 heterocycles. The van der Waals surface area contributed by atoms with Crippen LogP contribution in [0.25, 0.3) is 0 Å². The molecule has 0 saturated heterocycles. The van der Waals surface area contributed by atoms with Gasteiger partial charge in [0.25, 0.3) is 0 Å². The predicted molar refractivity (Wildman–Crippen MR) is 33.7 cm³/mol. The zero-order chi connectivity index (χ0) is 5.11. The SMILES string of the molecule is Cl.Nc1cncnc1. The average Bonchev–Trinajstić information content (AvgIpc) is 1.69. The Kier molecular flexibility index (Phi) is 2.88. The number of nitrogens with two attached hydrogens (primary N) is 1. The molecule has 0 fully saturated rings. The van der Waals surface area contributed by atoms with E-state index in [2.05, 4.69) is 9.97 Å². The summed E-state index contributed by atoms with van der Waals surface area (Å²) in [6.45, 7) is 0. The standard InChI is InChI=1S/C4H5N3.ClH/c5-4-1-6-3-7-2-4;/h1-3H,5H2;1H. The molecule has 3 nitrogen and oxygen atoms in total. The Morgan fingerprint density at radius 2 is 1.75 bits per heavy atom. The first-order valence-corrected chi connectivity index (χ1v) is 1.90. The molecule has 2 N–H and O–H groups in total. The molecule has 0 unspecified atom stereocenters. The minimum absolute atomic E-state index is 0. The molecule has 4 heteroatoms. The van der Waals surface area contributed by atoms with Gasteiger partial charge in [-0.25, -0.2) is 9.97 Å². The van der Waals surface area contributed by atoms with E-state index in [0.29, 0.717) is 5.69 Å². The molecule has 8 heavy (non-hydrogen) atoms. The van der Waals surface area contributed by atoms with E-state index >= 15 is 0 Å². The molecule has 0 aliphatic heterocycles. The third-order valence-electron chi connectivity index (χ3n) is 0.581. The Labute approximate surface area is 53.4 Å². The minimum atomic E-state index is 0. The Morgan fingerprint density at radius 3 is 2.00 bits per heavy atom. The van der Waals surface area contributed by atoms with Crippen molar-refractivity contribution >= 4 is 18.1 Å². The fraction of sp³-hybridized carbons (Fsp3) is 0. The number of anilines is 1. The molecule has 0 spiro atoms. The number of rotatable bonds is 0. The highest BCUT2D eigenvalue weighted by atomic mass is 35.5. The maximum atomic E-state index is 5.23. The van der Waals surface area contributed by atoms with Crippen molar-refractivity contribution in [2.45, 2.75) is 0 Å². The number of nitrogens with zero attached hydrogens (tertiary/aromatic N) is 2. The van der Waals surface area contributed by atoms with Gasteiger partial charge in [0.05, 0.1) is 18.1 Å². The van der Waals surface area contributed by atoms with Gasteiger partial charge >= 0.3 is 0 Å². The van der Waals surface area contributed by atoms with Crippen LogP contribution in [-0.2, 0) is 0 Å². The Hall–Kier alpha value is -0.830. The van der Waals surface area contributed by atoms with Crippen molar-refractivity contribution in [3.05, 3.63) is 18.7 Å². The first kappa shape index (κ1) is 7.17. The summed E-state index contributed by atoms with van der Waals surface area (Å²) in [5, 5.41) is 0. The second-order valence-electron chi connectivity index (χ2n) is 1.17. The molecule has 0 bridgehead atoms. The molecular formula is C4H6ClN3. The van der Waals surface area contributed by atoms with E-state index in [4.69, 9.17) is 5.73 Å². The molecule has 1 rings (SSSR count). The Balaban J connectivity index is 0.000000490. The van der Waals surface area contributed by atoms with Crippen molar-refractivity contribution in [1.82, 2.24) is 9.97 Å². The summed E-state index contributed by atoms with van der Waals surface area (Å²) in [7, 11) is 0. The zero-order valence-electron chi connectivity index (χ0n) is 4.11.